The molecular weight excluding hydrogens is 723 g/mol. The molecule has 0 saturated carbocycles. The van der Waals surface area contributed by atoms with Gasteiger partial charge in [0.05, 0.1) is 15.9 Å². The average molecular weight is 752 g/mol. The summed E-state index contributed by atoms with van der Waals surface area (Å²) in [5.74, 6) is 2.63. The molecule has 7 heteroatoms. The Hall–Kier alpha value is -6.93. The molecule has 56 heavy (non-hydrogen) atoms. The number of fused-ring (bicyclic) bond motifs is 6. The number of hydrogen-bond donors (Lipinski definition) is 0. The lowest BCUT2D eigenvalue weighted by Crippen LogP contribution is -2.00. The van der Waals surface area contributed by atoms with Crippen LogP contribution in [0.1, 0.15) is 0 Å². The van der Waals surface area contributed by atoms with Crippen molar-refractivity contribution in [1.29, 1.82) is 0 Å². The molecule has 0 N–H and O–H groups in total. The highest BCUT2D eigenvalue weighted by molar-refractivity contribution is 7.26. The molecule has 0 bridgehead atoms. The molecule has 0 amide bonds. The predicted octanol–water partition coefficient (Wildman–Crippen LogP) is 13.4. The van der Waals surface area contributed by atoms with Crippen LogP contribution in [0.4, 0.5) is 0 Å². The minimum absolute atomic E-state index is 0.634. The van der Waals surface area contributed by atoms with Gasteiger partial charge in [-0.25, -0.2) is 24.9 Å². The Labute approximate surface area is 330 Å². The largest absolute Gasteiger partial charge is 0.226 e. The number of nitrogens with zero attached hydrogens (tertiary/aromatic N) is 5. The van der Waals surface area contributed by atoms with Gasteiger partial charge in [0, 0.05) is 58.1 Å². The smallest absolute Gasteiger partial charge is 0.164 e. The Balaban J connectivity index is 1.03. The topological polar surface area (TPSA) is 64.5 Å². The van der Waals surface area contributed by atoms with E-state index >= 15 is 0 Å². The van der Waals surface area contributed by atoms with Gasteiger partial charge in [0.25, 0.3) is 0 Å². The summed E-state index contributed by atoms with van der Waals surface area (Å²) < 4.78 is 4.69. The molecule has 5 nitrogen and oxygen atoms in total. The Kier molecular flexibility index (Phi) is 7.79. The highest BCUT2D eigenvalue weighted by Gasteiger charge is 2.18. The van der Waals surface area contributed by atoms with Gasteiger partial charge in [0.15, 0.2) is 23.3 Å². The average Bonchev–Trinajstić information content (AvgIpc) is 3.84. The zero-order valence-corrected chi connectivity index (χ0v) is 31.4. The number of hydrogen-bond acceptors (Lipinski definition) is 7. The van der Waals surface area contributed by atoms with Gasteiger partial charge in [0.2, 0.25) is 0 Å². The maximum atomic E-state index is 5.22. The van der Waals surface area contributed by atoms with Crippen LogP contribution in [0, 0.1) is 0 Å². The maximum Gasteiger partial charge on any atom is 0.164 e. The number of thiophene rings is 2. The van der Waals surface area contributed by atoms with Crippen LogP contribution < -0.4 is 0 Å². The lowest BCUT2D eigenvalue weighted by molar-refractivity contribution is 1.07. The first-order valence-corrected chi connectivity index (χ1v) is 20.0. The van der Waals surface area contributed by atoms with Crippen molar-refractivity contribution < 1.29 is 0 Å². The second kappa shape index (κ2) is 13.4. The summed E-state index contributed by atoms with van der Waals surface area (Å²) in [7, 11) is 0. The van der Waals surface area contributed by atoms with E-state index in [0.717, 1.165) is 71.5 Å². The quantitative estimate of drug-likeness (QED) is 0.169. The molecule has 0 aliphatic heterocycles. The molecule has 11 aromatic rings. The van der Waals surface area contributed by atoms with Crippen LogP contribution >= 0.6 is 22.7 Å². The van der Waals surface area contributed by atoms with E-state index in [-0.39, 0.29) is 0 Å². The third-order valence-corrected chi connectivity index (χ3v) is 12.5. The molecule has 0 aliphatic rings. The third kappa shape index (κ3) is 5.73. The van der Waals surface area contributed by atoms with E-state index in [1.54, 1.807) is 22.7 Å². The Morgan fingerprint density at radius 2 is 0.839 bits per heavy atom. The van der Waals surface area contributed by atoms with Crippen molar-refractivity contribution in [2.75, 3.05) is 0 Å². The Morgan fingerprint density at radius 1 is 0.286 bits per heavy atom. The lowest BCUT2D eigenvalue weighted by atomic mass is 10.0. The van der Waals surface area contributed by atoms with Crippen LogP contribution in [-0.2, 0) is 0 Å². The Morgan fingerprint density at radius 3 is 1.61 bits per heavy atom. The fourth-order valence-electron chi connectivity index (χ4n) is 7.39. The van der Waals surface area contributed by atoms with Crippen molar-refractivity contribution in [2.45, 2.75) is 0 Å². The summed E-state index contributed by atoms with van der Waals surface area (Å²) in [6, 6.07) is 61.0. The maximum absolute atomic E-state index is 5.22. The van der Waals surface area contributed by atoms with Gasteiger partial charge in [-0.2, -0.15) is 0 Å². The van der Waals surface area contributed by atoms with E-state index in [9.17, 15) is 0 Å². The SMILES string of the molecule is c1ccc(-c2cccc(-c3nc(-c4ccccc4)nc(-c4ccc5sc6cc(-c7nc(-c8ccccc8)c8sc9ccccc9c8n7)ccc6c5c4)n3)c2)cc1. The molecule has 0 fully saturated rings. The van der Waals surface area contributed by atoms with E-state index in [0.29, 0.717) is 17.5 Å². The first-order valence-electron chi connectivity index (χ1n) is 18.4. The van der Waals surface area contributed by atoms with Crippen LogP contribution in [0.15, 0.2) is 176 Å². The molecule has 4 aromatic heterocycles. The van der Waals surface area contributed by atoms with E-state index in [1.807, 2.05) is 42.5 Å². The summed E-state index contributed by atoms with van der Waals surface area (Å²) in [4.78, 5) is 25.6. The Bertz CT molecular complexity index is 3250. The van der Waals surface area contributed by atoms with E-state index < -0.39 is 0 Å². The number of rotatable bonds is 6. The van der Waals surface area contributed by atoms with Gasteiger partial charge >= 0.3 is 0 Å². The molecular formula is C49H29N5S2. The second-order valence-electron chi connectivity index (χ2n) is 13.7. The molecule has 0 saturated heterocycles. The van der Waals surface area contributed by atoms with Crippen LogP contribution in [0.2, 0.25) is 0 Å². The molecule has 0 aliphatic carbocycles. The van der Waals surface area contributed by atoms with Crippen LogP contribution in [0.25, 0.3) is 108 Å². The van der Waals surface area contributed by atoms with Crippen LogP contribution in [0.5, 0.6) is 0 Å². The van der Waals surface area contributed by atoms with Crippen molar-refractivity contribution in [3.8, 4) is 67.9 Å². The molecule has 4 heterocycles. The van der Waals surface area contributed by atoms with E-state index in [1.165, 1.54) is 19.5 Å². The first kappa shape index (κ1) is 32.5. The van der Waals surface area contributed by atoms with Gasteiger partial charge in [-0.05, 0) is 47.5 Å². The van der Waals surface area contributed by atoms with Gasteiger partial charge in [-0.15, -0.1) is 22.7 Å². The standard InChI is InChI=1S/C49H29N5S2/c1-4-13-30(14-5-1)33-19-12-20-34(27-33)48-52-46(32-17-8-3-9-18-32)53-49(54-48)35-24-26-41-39(28-35)37-25-23-36(29-42(37)55-41)47-50-43(31-15-6-2-7-16-31)45-44(51-47)38-21-10-11-22-40(38)56-45/h1-29H. The van der Waals surface area contributed by atoms with E-state index in [4.69, 9.17) is 24.9 Å². The van der Waals surface area contributed by atoms with Crippen molar-refractivity contribution in [3.05, 3.63) is 176 Å². The summed E-state index contributed by atoms with van der Waals surface area (Å²) >= 11 is 3.53. The van der Waals surface area contributed by atoms with Crippen molar-refractivity contribution in [2.24, 2.45) is 0 Å². The van der Waals surface area contributed by atoms with Gasteiger partial charge in [-0.1, -0.05) is 140 Å². The highest BCUT2D eigenvalue weighted by Crippen LogP contribution is 2.41. The summed E-state index contributed by atoms with van der Waals surface area (Å²) in [6.45, 7) is 0. The van der Waals surface area contributed by atoms with Crippen molar-refractivity contribution in [3.63, 3.8) is 0 Å². The summed E-state index contributed by atoms with van der Waals surface area (Å²) in [6.07, 6.45) is 0. The minimum atomic E-state index is 0.634. The summed E-state index contributed by atoms with van der Waals surface area (Å²) in [5, 5.41) is 3.49. The van der Waals surface area contributed by atoms with Crippen molar-refractivity contribution in [1.82, 2.24) is 24.9 Å². The normalized spacial score (nSPS) is 11.6. The van der Waals surface area contributed by atoms with Crippen molar-refractivity contribution >= 4 is 63.1 Å². The molecule has 0 spiro atoms. The van der Waals surface area contributed by atoms with Gasteiger partial charge < -0.3 is 0 Å². The third-order valence-electron chi connectivity index (χ3n) is 10.1. The molecule has 7 aromatic carbocycles. The molecule has 262 valence electrons. The number of benzene rings is 7. The monoisotopic (exact) mass is 751 g/mol. The number of aromatic nitrogens is 5. The van der Waals surface area contributed by atoms with Crippen LogP contribution in [0.3, 0.4) is 0 Å². The zero-order valence-electron chi connectivity index (χ0n) is 29.8. The fourth-order valence-corrected chi connectivity index (χ4v) is 9.67. The molecule has 11 rings (SSSR count). The first-order chi connectivity index (χ1) is 27.7. The minimum Gasteiger partial charge on any atom is -0.226 e. The molecule has 0 atom stereocenters. The van der Waals surface area contributed by atoms with Gasteiger partial charge in [0.1, 0.15) is 0 Å². The predicted molar refractivity (Wildman–Crippen MR) is 234 cm³/mol. The summed E-state index contributed by atoms with van der Waals surface area (Å²) in [5.41, 5.74) is 9.11. The molecule has 0 radical (unpaired) electrons. The highest BCUT2D eigenvalue weighted by atomic mass is 32.1. The second-order valence-corrected chi connectivity index (χ2v) is 15.8. The van der Waals surface area contributed by atoms with Gasteiger partial charge in [-0.3, -0.25) is 0 Å². The zero-order chi connectivity index (χ0) is 37.0. The fraction of sp³-hybridized carbons (Fsp3) is 0. The van der Waals surface area contributed by atoms with E-state index in [2.05, 4.69) is 133 Å². The lowest BCUT2D eigenvalue weighted by Gasteiger charge is -2.10. The molecule has 0 unspecified atom stereocenters. The van der Waals surface area contributed by atoms with Crippen LogP contribution in [-0.4, -0.2) is 24.9 Å².